The third-order valence-electron chi connectivity index (χ3n) is 1.88. The number of anilines is 1. The van der Waals surface area contributed by atoms with E-state index in [4.69, 9.17) is 5.73 Å². The molecule has 0 spiro atoms. The minimum absolute atomic E-state index is 0.148. The number of rotatable bonds is 6. The summed E-state index contributed by atoms with van der Waals surface area (Å²) >= 11 is 0.792. The smallest absolute Gasteiger partial charge is 0.270 e. The van der Waals surface area contributed by atoms with Crippen molar-refractivity contribution in [2.45, 2.75) is 30.6 Å². The maximum atomic E-state index is 11.9. The van der Waals surface area contributed by atoms with Crippen molar-refractivity contribution >= 4 is 32.4 Å². The minimum Gasteiger partial charge on any atom is -0.330 e. The molecule has 0 radical (unpaired) electrons. The van der Waals surface area contributed by atoms with Gasteiger partial charge in [0.05, 0.1) is 0 Å². The van der Waals surface area contributed by atoms with E-state index >= 15 is 0 Å². The SMILES string of the molecule is CC(=O)Nc1nnc(S(=O)(=O)NC(C)CCN)s1. The van der Waals surface area contributed by atoms with Gasteiger partial charge in [-0.15, -0.1) is 10.2 Å². The molecular weight excluding hydrogens is 278 g/mol. The highest BCUT2D eigenvalue weighted by Gasteiger charge is 2.22. The van der Waals surface area contributed by atoms with Crippen LogP contribution in [-0.2, 0) is 14.8 Å². The van der Waals surface area contributed by atoms with Crippen LogP contribution in [0.5, 0.6) is 0 Å². The third kappa shape index (κ3) is 4.29. The Morgan fingerprint density at radius 1 is 1.50 bits per heavy atom. The van der Waals surface area contributed by atoms with Gasteiger partial charge in [0.2, 0.25) is 15.4 Å². The number of hydrogen-bond donors (Lipinski definition) is 3. The molecule has 0 bridgehead atoms. The molecule has 1 amide bonds. The van der Waals surface area contributed by atoms with E-state index in [0.717, 1.165) is 11.3 Å². The second-order valence-electron chi connectivity index (χ2n) is 3.65. The molecule has 0 aliphatic rings. The maximum absolute atomic E-state index is 11.9. The second kappa shape index (κ2) is 6.18. The molecule has 0 saturated carbocycles. The highest BCUT2D eigenvalue weighted by atomic mass is 32.2. The molecule has 1 aromatic heterocycles. The number of carbonyl (C=O) groups is 1. The number of sulfonamides is 1. The van der Waals surface area contributed by atoms with Gasteiger partial charge in [-0.05, 0) is 19.9 Å². The number of nitrogens with one attached hydrogen (secondary N) is 2. The summed E-state index contributed by atoms with van der Waals surface area (Å²) in [6, 6.07) is -0.284. The number of nitrogens with zero attached hydrogens (tertiary/aromatic N) is 2. The molecule has 0 saturated heterocycles. The zero-order chi connectivity index (χ0) is 13.8. The summed E-state index contributed by atoms with van der Waals surface area (Å²) in [6.07, 6.45) is 0.524. The second-order valence-corrected chi connectivity index (χ2v) is 6.52. The summed E-state index contributed by atoms with van der Waals surface area (Å²) in [5.41, 5.74) is 5.34. The van der Waals surface area contributed by atoms with Crippen molar-refractivity contribution in [1.82, 2.24) is 14.9 Å². The Kier molecular flexibility index (Phi) is 5.14. The Morgan fingerprint density at radius 3 is 2.72 bits per heavy atom. The van der Waals surface area contributed by atoms with Gasteiger partial charge >= 0.3 is 0 Å². The Labute approximate surface area is 109 Å². The van der Waals surface area contributed by atoms with Crippen LogP contribution in [0, 0.1) is 0 Å². The van der Waals surface area contributed by atoms with Crippen molar-refractivity contribution in [3.8, 4) is 0 Å². The fourth-order valence-electron chi connectivity index (χ4n) is 1.14. The first-order valence-corrected chi connectivity index (χ1v) is 7.48. The molecule has 0 aromatic carbocycles. The van der Waals surface area contributed by atoms with Gasteiger partial charge in [0, 0.05) is 13.0 Å². The number of nitrogens with two attached hydrogens (primary N) is 1. The summed E-state index contributed by atoms with van der Waals surface area (Å²) in [4.78, 5) is 10.8. The first kappa shape index (κ1) is 15.0. The van der Waals surface area contributed by atoms with Crippen LogP contribution in [0.2, 0.25) is 0 Å². The summed E-state index contributed by atoms with van der Waals surface area (Å²) in [6.45, 7) is 3.40. The Balaban J connectivity index is 2.79. The average molecular weight is 293 g/mol. The third-order valence-corrected chi connectivity index (χ3v) is 4.67. The van der Waals surface area contributed by atoms with Gasteiger partial charge in [0.15, 0.2) is 0 Å². The highest BCUT2D eigenvalue weighted by molar-refractivity contribution is 7.91. The number of carbonyl (C=O) groups excluding carboxylic acids is 1. The summed E-state index contributed by atoms with van der Waals surface area (Å²) < 4.78 is 26.0. The van der Waals surface area contributed by atoms with Crippen LogP contribution < -0.4 is 15.8 Å². The normalized spacial score (nSPS) is 13.3. The molecule has 102 valence electrons. The molecule has 1 atom stereocenters. The summed E-state index contributed by atoms with van der Waals surface area (Å²) in [5, 5.41) is 9.61. The molecule has 1 heterocycles. The van der Waals surface area contributed by atoms with Crippen LogP contribution in [0.1, 0.15) is 20.3 Å². The molecule has 1 unspecified atom stereocenters. The first-order chi connectivity index (χ1) is 8.35. The van der Waals surface area contributed by atoms with E-state index in [1.54, 1.807) is 6.92 Å². The first-order valence-electron chi connectivity index (χ1n) is 5.18. The van der Waals surface area contributed by atoms with Crippen LogP contribution in [-0.4, -0.2) is 37.1 Å². The van der Waals surface area contributed by atoms with Gasteiger partial charge in [0.1, 0.15) is 0 Å². The van der Waals surface area contributed by atoms with Gasteiger partial charge in [0.25, 0.3) is 10.0 Å². The van der Waals surface area contributed by atoms with E-state index in [-0.39, 0.29) is 21.4 Å². The topological polar surface area (TPSA) is 127 Å². The zero-order valence-corrected chi connectivity index (χ0v) is 11.6. The lowest BCUT2D eigenvalue weighted by Crippen LogP contribution is -2.34. The van der Waals surface area contributed by atoms with Crippen LogP contribution in [0.15, 0.2) is 4.34 Å². The Morgan fingerprint density at radius 2 is 2.17 bits per heavy atom. The van der Waals surface area contributed by atoms with Gasteiger partial charge in [-0.2, -0.15) is 0 Å². The molecule has 1 aromatic rings. The van der Waals surface area contributed by atoms with E-state index in [1.165, 1.54) is 6.92 Å². The average Bonchev–Trinajstić information content (AvgIpc) is 2.65. The van der Waals surface area contributed by atoms with E-state index in [9.17, 15) is 13.2 Å². The molecule has 0 aliphatic carbocycles. The lowest BCUT2D eigenvalue weighted by atomic mass is 10.3. The van der Waals surface area contributed by atoms with Gasteiger partial charge in [-0.25, -0.2) is 13.1 Å². The molecular formula is C8H15N5O3S2. The molecule has 8 nitrogen and oxygen atoms in total. The maximum Gasteiger partial charge on any atom is 0.270 e. The molecule has 4 N–H and O–H groups in total. The summed E-state index contributed by atoms with van der Waals surface area (Å²) in [5.74, 6) is -0.334. The lowest BCUT2D eigenvalue weighted by molar-refractivity contribution is -0.114. The van der Waals surface area contributed by atoms with Crippen molar-refractivity contribution in [3.05, 3.63) is 0 Å². The molecule has 10 heteroatoms. The fraction of sp³-hybridized carbons (Fsp3) is 0.625. The lowest BCUT2D eigenvalue weighted by Gasteiger charge is -2.10. The van der Waals surface area contributed by atoms with E-state index in [2.05, 4.69) is 20.2 Å². The largest absolute Gasteiger partial charge is 0.330 e. The standard InChI is InChI=1S/C8H15N5O3S2/c1-5(3-4-9)13-18(15,16)8-12-11-7(17-8)10-6(2)14/h5,13H,3-4,9H2,1-2H3,(H,10,11,14). The van der Waals surface area contributed by atoms with E-state index < -0.39 is 10.0 Å². The van der Waals surface area contributed by atoms with Crippen molar-refractivity contribution < 1.29 is 13.2 Å². The predicted molar refractivity (Wildman–Crippen MR) is 67.7 cm³/mol. The van der Waals surface area contributed by atoms with Crippen molar-refractivity contribution in [2.24, 2.45) is 5.73 Å². The highest BCUT2D eigenvalue weighted by Crippen LogP contribution is 2.19. The monoisotopic (exact) mass is 293 g/mol. The number of aromatic nitrogens is 2. The van der Waals surface area contributed by atoms with Crippen LogP contribution >= 0.6 is 11.3 Å². The summed E-state index contributed by atoms with van der Waals surface area (Å²) in [7, 11) is -3.71. The quantitative estimate of drug-likeness (QED) is 0.607. The predicted octanol–water partition coefficient (Wildman–Crippen LogP) is -0.488. The van der Waals surface area contributed by atoms with Crippen LogP contribution in [0.4, 0.5) is 5.13 Å². The van der Waals surface area contributed by atoms with Crippen molar-refractivity contribution in [3.63, 3.8) is 0 Å². The number of hydrogen-bond acceptors (Lipinski definition) is 7. The molecule has 0 fully saturated rings. The molecule has 1 rings (SSSR count). The van der Waals surface area contributed by atoms with Crippen molar-refractivity contribution in [1.29, 1.82) is 0 Å². The molecule has 18 heavy (non-hydrogen) atoms. The van der Waals surface area contributed by atoms with E-state index in [0.29, 0.717) is 13.0 Å². The van der Waals surface area contributed by atoms with Crippen molar-refractivity contribution in [2.75, 3.05) is 11.9 Å². The van der Waals surface area contributed by atoms with E-state index in [1.807, 2.05) is 0 Å². The van der Waals surface area contributed by atoms with Gasteiger partial charge in [-0.1, -0.05) is 11.3 Å². The number of amides is 1. The molecule has 0 aliphatic heterocycles. The zero-order valence-electron chi connectivity index (χ0n) is 10.0. The minimum atomic E-state index is -3.71. The van der Waals surface area contributed by atoms with Gasteiger partial charge in [-0.3, -0.25) is 4.79 Å². The van der Waals surface area contributed by atoms with Crippen LogP contribution in [0.25, 0.3) is 0 Å². The van der Waals surface area contributed by atoms with Crippen LogP contribution in [0.3, 0.4) is 0 Å². The fourth-order valence-corrected chi connectivity index (χ4v) is 3.38. The Bertz CT molecular complexity index is 513. The Hall–Kier alpha value is -1.10. The van der Waals surface area contributed by atoms with Gasteiger partial charge < -0.3 is 11.1 Å².